The van der Waals surface area contributed by atoms with Crippen molar-refractivity contribution >= 4 is 29.1 Å². The molecule has 2 heterocycles. The summed E-state index contributed by atoms with van der Waals surface area (Å²) in [7, 11) is 0. The first-order chi connectivity index (χ1) is 18.7. The van der Waals surface area contributed by atoms with Crippen LogP contribution in [0.3, 0.4) is 0 Å². The maximum absolute atomic E-state index is 13.4. The second kappa shape index (κ2) is 10.6. The van der Waals surface area contributed by atoms with Gasteiger partial charge in [0.1, 0.15) is 19.0 Å². The van der Waals surface area contributed by atoms with Gasteiger partial charge in [0.25, 0.3) is 11.7 Å². The Hall–Kier alpha value is -4.59. The molecule has 3 aromatic carbocycles. The van der Waals surface area contributed by atoms with Gasteiger partial charge in [-0.25, -0.2) is 4.79 Å². The van der Waals surface area contributed by atoms with Crippen molar-refractivity contribution in [2.24, 2.45) is 5.92 Å². The molecule has 0 spiro atoms. The van der Waals surface area contributed by atoms with E-state index in [2.05, 4.69) is 0 Å². The molecule has 1 N–H and O–H groups in total. The van der Waals surface area contributed by atoms with E-state index in [1.54, 1.807) is 42.5 Å². The predicted octanol–water partition coefficient (Wildman–Crippen LogP) is 5.21. The fraction of sp³-hybridized carbons (Fsp3) is 0.258. The van der Waals surface area contributed by atoms with Crippen molar-refractivity contribution in [2.45, 2.75) is 26.8 Å². The number of aryl methyl sites for hydroxylation is 1. The number of hydrogen-bond donors (Lipinski definition) is 1. The van der Waals surface area contributed by atoms with E-state index in [9.17, 15) is 19.5 Å². The Bertz CT molecular complexity index is 1470. The van der Waals surface area contributed by atoms with E-state index >= 15 is 0 Å². The minimum atomic E-state index is -0.892. The topological polar surface area (TPSA) is 102 Å². The molecular formula is C31H29NO7. The lowest BCUT2D eigenvalue weighted by Gasteiger charge is -2.26. The Labute approximate surface area is 226 Å². The maximum atomic E-state index is 13.4. The molecule has 8 nitrogen and oxygen atoms in total. The number of benzene rings is 3. The van der Waals surface area contributed by atoms with Crippen LogP contribution in [0.25, 0.3) is 5.76 Å². The highest BCUT2D eigenvalue weighted by Crippen LogP contribution is 2.43. The van der Waals surface area contributed by atoms with Gasteiger partial charge in [-0.05, 0) is 60.9 Å². The second-order valence-corrected chi connectivity index (χ2v) is 9.98. The Morgan fingerprint density at radius 2 is 1.67 bits per heavy atom. The molecule has 0 saturated carbocycles. The molecule has 8 heteroatoms. The average molecular weight is 528 g/mol. The van der Waals surface area contributed by atoms with Crippen LogP contribution in [0.1, 0.15) is 46.9 Å². The fourth-order valence-corrected chi connectivity index (χ4v) is 4.68. The molecule has 39 heavy (non-hydrogen) atoms. The Morgan fingerprint density at radius 3 is 2.36 bits per heavy atom. The summed E-state index contributed by atoms with van der Waals surface area (Å²) in [5.41, 5.74) is 2.62. The molecule has 0 aromatic heterocycles. The number of hydrogen-bond acceptors (Lipinski definition) is 7. The Kier molecular flexibility index (Phi) is 7.11. The number of rotatable bonds is 6. The van der Waals surface area contributed by atoms with Gasteiger partial charge in [-0.1, -0.05) is 43.7 Å². The molecule has 1 atom stereocenters. The van der Waals surface area contributed by atoms with Crippen molar-refractivity contribution in [3.63, 3.8) is 0 Å². The minimum absolute atomic E-state index is 0.0392. The number of esters is 1. The lowest BCUT2D eigenvalue weighted by atomic mass is 9.94. The zero-order chi connectivity index (χ0) is 27.7. The molecule has 0 bridgehead atoms. The number of ether oxygens (including phenoxy) is 3. The van der Waals surface area contributed by atoms with E-state index in [0.29, 0.717) is 53.7 Å². The highest BCUT2D eigenvalue weighted by molar-refractivity contribution is 6.51. The molecule has 2 aliphatic heterocycles. The molecule has 1 unspecified atom stereocenters. The third-order valence-corrected chi connectivity index (χ3v) is 6.55. The highest BCUT2D eigenvalue weighted by Gasteiger charge is 2.47. The van der Waals surface area contributed by atoms with Crippen LogP contribution in [0.4, 0.5) is 5.69 Å². The lowest BCUT2D eigenvalue weighted by Crippen LogP contribution is -2.29. The summed E-state index contributed by atoms with van der Waals surface area (Å²) < 4.78 is 16.5. The number of nitrogens with zero attached hydrogens (tertiary/aromatic N) is 1. The third kappa shape index (κ3) is 5.10. The van der Waals surface area contributed by atoms with Crippen LogP contribution < -0.4 is 14.4 Å². The first kappa shape index (κ1) is 26.0. The number of carbonyl (C=O) groups excluding carboxylic acids is 3. The number of amides is 1. The number of Topliss-reactive ketones (excluding diaryl/α,β-unsaturated/α-hetero) is 1. The minimum Gasteiger partial charge on any atom is -0.507 e. The normalized spacial score (nSPS) is 17.9. The van der Waals surface area contributed by atoms with Gasteiger partial charge < -0.3 is 19.3 Å². The maximum Gasteiger partial charge on any atom is 0.338 e. The Morgan fingerprint density at radius 1 is 0.974 bits per heavy atom. The van der Waals surface area contributed by atoms with Crippen molar-refractivity contribution in [2.75, 3.05) is 24.7 Å². The monoisotopic (exact) mass is 527 g/mol. The first-order valence-corrected chi connectivity index (χ1v) is 12.8. The molecule has 0 radical (unpaired) electrons. The lowest BCUT2D eigenvalue weighted by molar-refractivity contribution is -0.132. The summed E-state index contributed by atoms with van der Waals surface area (Å²) in [6.07, 6.45) is 0. The molecule has 1 fully saturated rings. The van der Waals surface area contributed by atoms with E-state index < -0.39 is 23.7 Å². The van der Waals surface area contributed by atoms with Crippen LogP contribution in [0.2, 0.25) is 0 Å². The molecule has 5 rings (SSSR count). The van der Waals surface area contributed by atoms with Gasteiger partial charge in [0.15, 0.2) is 11.5 Å². The molecule has 0 aliphatic carbocycles. The van der Waals surface area contributed by atoms with Crippen molar-refractivity contribution in [1.29, 1.82) is 0 Å². The van der Waals surface area contributed by atoms with Gasteiger partial charge in [0, 0.05) is 11.3 Å². The van der Waals surface area contributed by atoms with Crippen molar-refractivity contribution in [3.05, 3.63) is 94.6 Å². The van der Waals surface area contributed by atoms with Crippen LogP contribution in [0.15, 0.2) is 72.3 Å². The molecule has 1 saturated heterocycles. The molecule has 1 amide bonds. The number of ketones is 1. The number of fused-ring (bicyclic) bond motifs is 1. The summed E-state index contributed by atoms with van der Waals surface area (Å²) in [6, 6.07) is 17.8. The van der Waals surface area contributed by atoms with Crippen LogP contribution in [-0.4, -0.2) is 42.6 Å². The van der Waals surface area contributed by atoms with Gasteiger partial charge in [0.2, 0.25) is 0 Å². The van der Waals surface area contributed by atoms with Crippen LogP contribution in [0.5, 0.6) is 11.5 Å². The van der Waals surface area contributed by atoms with Crippen LogP contribution >= 0.6 is 0 Å². The number of aliphatic hydroxyl groups excluding tert-OH is 1. The molecule has 2 aliphatic rings. The standard InChI is InChI=1S/C31H29NO7/c1-18(2)17-39-31(36)20-7-10-23(11-8-20)32-27(21-6-4-5-19(3)15-21)26(29(34)30(32)35)28(33)22-9-12-24-25(16-22)38-14-13-37-24/h4-12,15-16,18,27,33H,13-14,17H2,1-3H3/b28-26-. The van der Waals surface area contributed by atoms with Crippen molar-refractivity contribution < 1.29 is 33.7 Å². The van der Waals surface area contributed by atoms with E-state index in [4.69, 9.17) is 14.2 Å². The number of anilines is 1. The summed E-state index contributed by atoms with van der Waals surface area (Å²) >= 11 is 0. The number of carbonyl (C=O) groups is 3. The van der Waals surface area contributed by atoms with E-state index in [0.717, 1.165) is 5.56 Å². The summed E-state index contributed by atoms with van der Waals surface area (Å²) in [6.45, 7) is 6.89. The van der Waals surface area contributed by atoms with Gasteiger partial charge in [-0.2, -0.15) is 0 Å². The smallest absolute Gasteiger partial charge is 0.338 e. The van der Waals surface area contributed by atoms with Crippen LogP contribution in [0, 0.1) is 12.8 Å². The zero-order valence-electron chi connectivity index (χ0n) is 22.0. The van der Waals surface area contributed by atoms with E-state index in [-0.39, 0.29) is 17.3 Å². The molecular weight excluding hydrogens is 498 g/mol. The Balaban J connectivity index is 1.58. The highest BCUT2D eigenvalue weighted by atomic mass is 16.6. The van der Waals surface area contributed by atoms with Gasteiger partial charge in [0.05, 0.1) is 23.8 Å². The predicted molar refractivity (Wildman–Crippen MR) is 145 cm³/mol. The van der Waals surface area contributed by atoms with Crippen molar-refractivity contribution in [3.8, 4) is 11.5 Å². The third-order valence-electron chi connectivity index (χ3n) is 6.55. The summed E-state index contributed by atoms with van der Waals surface area (Å²) in [5, 5.41) is 11.4. The van der Waals surface area contributed by atoms with Crippen molar-refractivity contribution in [1.82, 2.24) is 0 Å². The largest absolute Gasteiger partial charge is 0.507 e. The second-order valence-electron chi connectivity index (χ2n) is 9.98. The summed E-state index contributed by atoms with van der Waals surface area (Å²) in [4.78, 5) is 40.6. The first-order valence-electron chi connectivity index (χ1n) is 12.8. The zero-order valence-corrected chi connectivity index (χ0v) is 22.0. The molecule has 3 aromatic rings. The van der Waals surface area contributed by atoms with E-state index in [1.807, 2.05) is 45.0 Å². The summed E-state index contributed by atoms with van der Waals surface area (Å²) in [5.74, 6) is -1.18. The SMILES string of the molecule is Cc1cccc(C2/C(=C(/O)c3ccc4c(c3)OCCO4)C(=O)C(=O)N2c2ccc(C(=O)OCC(C)C)cc2)c1. The fourth-order valence-electron chi connectivity index (χ4n) is 4.68. The van der Waals surface area contributed by atoms with Gasteiger partial charge >= 0.3 is 5.97 Å². The number of aliphatic hydroxyl groups is 1. The average Bonchev–Trinajstić information content (AvgIpc) is 3.21. The van der Waals surface area contributed by atoms with Gasteiger partial charge in [-0.15, -0.1) is 0 Å². The van der Waals surface area contributed by atoms with Gasteiger partial charge in [-0.3, -0.25) is 14.5 Å². The van der Waals surface area contributed by atoms with Crippen LogP contribution in [-0.2, 0) is 14.3 Å². The quantitative estimate of drug-likeness (QED) is 0.203. The van der Waals surface area contributed by atoms with E-state index in [1.165, 1.54) is 4.90 Å². The molecule has 200 valence electrons.